The summed E-state index contributed by atoms with van der Waals surface area (Å²) in [6.45, 7) is 5.82. The minimum atomic E-state index is -3.20. The smallest absolute Gasteiger partial charge is 0.191 e. The summed E-state index contributed by atoms with van der Waals surface area (Å²) in [4.78, 5) is 6.17. The van der Waals surface area contributed by atoms with Crippen LogP contribution in [-0.2, 0) is 22.8 Å². The lowest BCUT2D eigenvalue weighted by Crippen LogP contribution is -2.38. The van der Waals surface area contributed by atoms with Gasteiger partial charge >= 0.3 is 0 Å². The molecule has 2 rings (SSSR count). The molecule has 0 spiro atoms. The molecule has 1 heterocycles. The molecule has 0 amide bonds. The van der Waals surface area contributed by atoms with E-state index in [1.54, 1.807) is 24.3 Å². The highest BCUT2D eigenvalue weighted by Crippen LogP contribution is 2.21. The Bertz CT molecular complexity index is 876. The molecule has 142 valence electrons. The second kappa shape index (κ2) is 9.39. The highest BCUT2D eigenvalue weighted by atomic mass is 35.5. The van der Waals surface area contributed by atoms with E-state index in [0.29, 0.717) is 11.4 Å². The average Bonchev–Trinajstić information content (AvgIpc) is 2.97. The zero-order valence-electron chi connectivity index (χ0n) is 15.2. The van der Waals surface area contributed by atoms with E-state index >= 15 is 0 Å². The number of benzene rings is 1. The first kappa shape index (κ1) is 20.7. The molecule has 0 saturated heterocycles. The van der Waals surface area contributed by atoms with Gasteiger partial charge in [0.25, 0.3) is 0 Å². The quantitative estimate of drug-likeness (QED) is 0.539. The fourth-order valence-corrected chi connectivity index (χ4v) is 4.57. The van der Waals surface area contributed by atoms with E-state index in [0.717, 1.165) is 40.9 Å². The SMILES string of the molecule is CCNC(=NCc1ccc(S(C)(=O)=O)c(C)c1)NCCc1ccc(Cl)s1. The predicted molar refractivity (Wildman–Crippen MR) is 110 cm³/mol. The molecule has 0 fully saturated rings. The van der Waals surface area contributed by atoms with Crippen LogP contribution in [0.1, 0.15) is 22.9 Å². The Morgan fingerprint density at radius 2 is 2.00 bits per heavy atom. The first-order valence-corrected chi connectivity index (χ1v) is 11.4. The zero-order chi connectivity index (χ0) is 19.2. The van der Waals surface area contributed by atoms with Crippen molar-refractivity contribution in [2.45, 2.75) is 31.7 Å². The lowest BCUT2D eigenvalue weighted by atomic mass is 10.1. The number of thiophene rings is 1. The number of aryl methyl sites for hydroxylation is 1. The summed E-state index contributed by atoms with van der Waals surface area (Å²) < 4.78 is 24.2. The maximum Gasteiger partial charge on any atom is 0.191 e. The number of sulfone groups is 1. The Morgan fingerprint density at radius 1 is 1.23 bits per heavy atom. The van der Waals surface area contributed by atoms with Gasteiger partial charge in [0.15, 0.2) is 15.8 Å². The molecular formula is C18H24ClN3O2S2. The molecular weight excluding hydrogens is 390 g/mol. The monoisotopic (exact) mass is 413 g/mol. The second-order valence-electron chi connectivity index (χ2n) is 5.95. The molecule has 0 atom stereocenters. The molecule has 0 aliphatic heterocycles. The number of hydrogen-bond donors (Lipinski definition) is 2. The maximum atomic E-state index is 11.7. The van der Waals surface area contributed by atoms with Crippen molar-refractivity contribution >= 4 is 38.7 Å². The molecule has 0 saturated carbocycles. The van der Waals surface area contributed by atoms with E-state index in [9.17, 15) is 8.42 Å². The number of nitrogens with zero attached hydrogens (tertiary/aromatic N) is 1. The lowest BCUT2D eigenvalue weighted by Gasteiger charge is -2.11. The molecule has 1 aromatic heterocycles. The fourth-order valence-electron chi connectivity index (χ4n) is 2.53. The number of hydrogen-bond acceptors (Lipinski definition) is 4. The van der Waals surface area contributed by atoms with Crippen LogP contribution in [0.5, 0.6) is 0 Å². The lowest BCUT2D eigenvalue weighted by molar-refractivity contribution is 0.601. The Hall–Kier alpha value is -1.57. The van der Waals surface area contributed by atoms with Gasteiger partial charge in [0, 0.05) is 24.2 Å². The summed E-state index contributed by atoms with van der Waals surface area (Å²) in [5, 5.41) is 6.52. The van der Waals surface area contributed by atoms with Crippen LogP contribution in [0, 0.1) is 6.92 Å². The van der Waals surface area contributed by atoms with Crippen LogP contribution in [-0.4, -0.2) is 33.7 Å². The van der Waals surface area contributed by atoms with Gasteiger partial charge in [0.05, 0.1) is 15.8 Å². The van der Waals surface area contributed by atoms with Crippen LogP contribution in [0.25, 0.3) is 0 Å². The number of rotatable bonds is 7. The van der Waals surface area contributed by atoms with Crippen LogP contribution >= 0.6 is 22.9 Å². The van der Waals surface area contributed by atoms with Gasteiger partial charge in [-0.05, 0) is 49.6 Å². The molecule has 26 heavy (non-hydrogen) atoms. The van der Waals surface area contributed by atoms with E-state index in [1.807, 2.05) is 31.2 Å². The molecule has 1 aromatic carbocycles. The van der Waals surface area contributed by atoms with Crippen molar-refractivity contribution in [1.29, 1.82) is 0 Å². The highest BCUT2D eigenvalue weighted by molar-refractivity contribution is 7.90. The molecule has 8 heteroatoms. The first-order valence-electron chi connectivity index (χ1n) is 8.35. The van der Waals surface area contributed by atoms with E-state index in [-0.39, 0.29) is 0 Å². The largest absolute Gasteiger partial charge is 0.357 e. The summed E-state index contributed by atoms with van der Waals surface area (Å²) in [7, 11) is -3.20. The Labute approximate surface area is 164 Å². The molecule has 0 bridgehead atoms. The van der Waals surface area contributed by atoms with Crippen LogP contribution < -0.4 is 10.6 Å². The van der Waals surface area contributed by atoms with Crippen molar-refractivity contribution in [3.63, 3.8) is 0 Å². The van der Waals surface area contributed by atoms with Gasteiger partial charge < -0.3 is 10.6 Å². The molecule has 2 N–H and O–H groups in total. The van der Waals surface area contributed by atoms with Gasteiger partial charge in [-0.15, -0.1) is 11.3 Å². The molecule has 5 nitrogen and oxygen atoms in total. The number of nitrogens with one attached hydrogen (secondary N) is 2. The van der Waals surface area contributed by atoms with Crippen molar-refractivity contribution in [3.05, 3.63) is 50.7 Å². The Morgan fingerprint density at radius 3 is 2.58 bits per heavy atom. The normalized spacial score (nSPS) is 12.2. The van der Waals surface area contributed by atoms with Gasteiger partial charge in [-0.1, -0.05) is 23.7 Å². The van der Waals surface area contributed by atoms with Crippen LogP contribution in [0.15, 0.2) is 40.2 Å². The predicted octanol–water partition coefficient (Wildman–Crippen LogP) is 3.41. The highest BCUT2D eigenvalue weighted by Gasteiger charge is 2.10. The number of aliphatic imine (C=N–C) groups is 1. The molecule has 0 aliphatic carbocycles. The van der Waals surface area contributed by atoms with Crippen LogP contribution in [0.3, 0.4) is 0 Å². The van der Waals surface area contributed by atoms with Gasteiger partial charge in [-0.2, -0.15) is 0 Å². The third kappa shape index (κ3) is 6.30. The summed E-state index contributed by atoms with van der Waals surface area (Å²) in [6.07, 6.45) is 2.10. The van der Waals surface area contributed by atoms with Gasteiger partial charge in [0.1, 0.15) is 0 Å². The zero-order valence-corrected chi connectivity index (χ0v) is 17.6. The molecule has 0 aliphatic rings. The number of halogens is 1. The Kier molecular flexibility index (Phi) is 7.49. The number of guanidine groups is 1. The maximum absolute atomic E-state index is 11.7. The molecule has 0 unspecified atom stereocenters. The summed E-state index contributed by atoms with van der Waals surface area (Å²) in [5.41, 5.74) is 1.71. The Balaban J connectivity index is 1.98. The molecule has 2 aromatic rings. The van der Waals surface area contributed by atoms with E-state index in [2.05, 4.69) is 15.6 Å². The van der Waals surface area contributed by atoms with E-state index in [1.165, 1.54) is 11.1 Å². The van der Waals surface area contributed by atoms with Gasteiger partial charge in [-0.3, -0.25) is 0 Å². The van der Waals surface area contributed by atoms with E-state index < -0.39 is 9.84 Å². The van der Waals surface area contributed by atoms with Crippen molar-refractivity contribution in [3.8, 4) is 0 Å². The minimum Gasteiger partial charge on any atom is -0.357 e. The minimum absolute atomic E-state index is 0.366. The third-order valence-electron chi connectivity index (χ3n) is 3.70. The van der Waals surface area contributed by atoms with Gasteiger partial charge in [-0.25, -0.2) is 13.4 Å². The molecule has 0 radical (unpaired) electrons. The fraction of sp³-hybridized carbons (Fsp3) is 0.389. The second-order valence-corrected chi connectivity index (χ2v) is 9.73. The third-order valence-corrected chi connectivity index (χ3v) is 6.24. The van der Waals surface area contributed by atoms with Crippen molar-refractivity contribution in [2.24, 2.45) is 4.99 Å². The van der Waals surface area contributed by atoms with Gasteiger partial charge in [0.2, 0.25) is 0 Å². The summed E-state index contributed by atoms with van der Waals surface area (Å²) in [6, 6.07) is 9.27. The van der Waals surface area contributed by atoms with Crippen molar-refractivity contribution < 1.29 is 8.42 Å². The standard InChI is InChI=1S/C18H24ClN3O2S2/c1-4-20-18(21-10-9-15-6-8-17(19)25-15)22-12-14-5-7-16(13(2)11-14)26(3,23)24/h5-8,11H,4,9-10,12H2,1-3H3,(H2,20,21,22). The first-order chi connectivity index (χ1) is 12.3. The van der Waals surface area contributed by atoms with Crippen LogP contribution in [0.4, 0.5) is 0 Å². The average molecular weight is 414 g/mol. The van der Waals surface area contributed by atoms with E-state index in [4.69, 9.17) is 11.6 Å². The summed E-state index contributed by atoms with van der Waals surface area (Å²) in [5.74, 6) is 0.736. The van der Waals surface area contributed by atoms with Crippen LogP contribution in [0.2, 0.25) is 4.34 Å². The topological polar surface area (TPSA) is 70.6 Å². The summed E-state index contributed by atoms with van der Waals surface area (Å²) >= 11 is 7.53. The van der Waals surface area contributed by atoms with Crippen molar-refractivity contribution in [1.82, 2.24) is 10.6 Å². The van der Waals surface area contributed by atoms with Crippen molar-refractivity contribution in [2.75, 3.05) is 19.3 Å².